The number of aromatic amines is 1. The van der Waals surface area contributed by atoms with Gasteiger partial charge in [0.25, 0.3) is 0 Å². The summed E-state index contributed by atoms with van der Waals surface area (Å²) >= 11 is 0. The van der Waals surface area contributed by atoms with E-state index in [1.165, 1.54) is 16.9 Å². The summed E-state index contributed by atoms with van der Waals surface area (Å²) in [5, 5.41) is 11.8. The Morgan fingerprint density at radius 1 is 1.39 bits per heavy atom. The van der Waals surface area contributed by atoms with E-state index >= 15 is 0 Å². The van der Waals surface area contributed by atoms with Crippen LogP contribution in [0.15, 0.2) is 24.3 Å². The first kappa shape index (κ1) is 19.9. The van der Waals surface area contributed by atoms with Crippen LogP contribution >= 0.6 is 0 Å². The van der Waals surface area contributed by atoms with Gasteiger partial charge in [0.1, 0.15) is 5.82 Å². The topological polar surface area (TPSA) is 107 Å². The van der Waals surface area contributed by atoms with Crippen LogP contribution in [-0.2, 0) is 20.8 Å². The van der Waals surface area contributed by atoms with E-state index in [9.17, 15) is 14.4 Å². The quantitative estimate of drug-likeness (QED) is 0.760. The molecule has 1 saturated heterocycles. The predicted octanol–water partition coefficient (Wildman–Crippen LogP) is 2.36. The number of amides is 2. The number of carboxylic acids is 1. The summed E-state index contributed by atoms with van der Waals surface area (Å²) in [6.45, 7) is 3.45. The van der Waals surface area contributed by atoms with E-state index in [0.29, 0.717) is 19.4 Å². The van der Waals surface area contributed by atoms with Crippen LogP contribution < -0.4 is 0 Å². The summed E-state index contributed by atoms with van der Waals surface area (Å²) in [5.41, 5.74) is 1.87. The molecule has 8 nitrogen and oxygen atoms in total. The van der Waals surface area contributed by atoms with Crippen LogP contribution in [0, 0.1) is 5.92 Å². The number of benzene rings is 1. The normalized spacial score (nSPS) is 18.3. The van der Waals surface area contributed by atoms with Gasteiger partial charge in [-0.25, -0.2) is 9.99 Å². The highest BCUT2D eigenvalue weighted by Crippen LogP contribution is 2.26. The predicted molar refractivity (Wildman–Crippen MR) is 103 cm³/mol. The number of rotatable bonds is 7. The average molecular weight is 386 g/mol. The molecule has 1 aromatic carbocycles. The van der Waals surface area contributed by atoms with E-state index in [4.69, 9.17) is 5.11 Å². The Labute approximate surface area is 163 Å². The summed E-state index contributed by atoms with van der Waals surface area (Å²) < 4.78 is 0. The number of H-pyrrole nitrogens is 1. The monoisotopic (exact) mass is 386 g/mol. The maximum Gasteiger partial charge on any atom is 0.305 e. The van der Waals surface area contributed by atoms with Gasteiger partial charge in [0.05, 0.1) is 23.5 Å². The molecule has 0 radical (unpaired) electrons. The van der Waals surface area contributed by atoms with Gasteiger partial charge in [0.15, 0.2) is 0 Å². The van der Waals surface area contributed by atoms with Crippen molar-refractivity contribution < 1.29 is 19.5 Å². The zero-order valence-corrected chi connectivity index (χ0v) is 16.2. The molecule has 3 rings (SSSR count). The van der Waals surface area contributed by atoms with Crippen molar-refractivity contribution in [3.05, 3.63) is 30.1 Å². The van der Waals surface area contributed by atoms with Crippen LogP contribution in [0.25, 0.3) is 11.0 Å². The molecule has 1 fully saturated rings. The van der Waals surface area contributed by atoms with E-state index in [2.05, 4.69) is 9.97 Å². The van der Waals surface area contributed by atoms with Gasteiger partial charge in [0, 0.05) is 25.8 Å². The SMILES string of the molecule is CC(=O)N([C@H](C)CC(=O)O)N1CCC[C@H](CCc2nc3ccccc3[nH]2)C1=O. The molecular weight excluding hydrogens is 360 g/mol. The molecule has 0 bridgehead atoms. The number of hydrazine groups is 1. The van der Waals surface area contributed by atoms with E-state index in [0.717, 1.165) is 29.7 Å². The van der Waals surface area contributed by atoms with Crippen molar-refractivity contribution in [3.63, 3.8) is 0 Å². The molecule has 0 spiro atoms. The molecule has 0 saturated carbocycles. The molecule has 0 unspecified atom stereocenters. The number of imidazole rings is 1. The summed E-state index contributed by atoms with van der Waals surface area (Å²) in [6, 6.07) is 7.21. The lowest BCUT2D eigenvalue weighted by Gasteiger charge is -2.42. The van der Waals surface area contributed by atoms with Crippen molar-refractivity contribution in [3.8, 4) is 0 Å². The minimum absolute atomic E-state index is 0.116. The second-order valence-electron chi connectivity index (χ2n) is 7.35. The fraction of sp³-hybridized carbons (Fsp3) is 0.500. The molecule has 1 aromatic heterocycles. The highest BCUT2D eigenvalue weighted by atomic mass is 16.4. The highest BCUT2D eigenvalue weighted by molar-refractivity contribution is 5.83. The van der Waals surface area contributed by atoms with E-state index in [-0.39, 0.29) is 24.2 Å². The number of hydrogen-bond donors (Lipinski definition) is 2. The van der Waals surface area contributed by atoms with Crippen molar-refractivity contribution in [2.45, 2.75) is 52.0 Å². The van der Waals surface area contributed by atoms with Gasteiger partial charge < -0.3 is 10.1 Å². The maximum absolute atomic E-state index is 13.0. The van der Waals surface area contributed by atoms with Gasteiger partial charge in [-0.2, -0.15) is 0 Å². The van der Waals surface area contributed by atoms with Crippen LogP contribution in [-0.4, -0.2) is 55.5 Å². The molecule has 2 amide bonds. The lowest BCUT2D eigenvalue weighted by atomic mass is 9.93. The largest absolute Gasteiger partial charge is 0.481 e. The number of nitrogens with zero attached hydrogens (tertiary/aromatic N) is 3. The van der Waals surface area contributed by atoms with Crippen molar-refractivity contribution in [1.29, 1.82) is 0 Å². The van der Waals surface area contributed by atoms with Crippen LogP contribution in [0.5, 0.6) is 0 Å². The Morgan fingerprint density at radius 3 is 2.82 bits per heavy atom. The van der Waals surface area contributed by atoms with Gasteiger partial charge in [0.2, 0.25) is 11.8 Å². The van der Waals surface area contributed by atoms with E-state index in [1.807, 2.05) is 24.3 Å². The Hall–Kier alpha value is -2.90. The molecule has 28 heavy (non-hydrogen) atoms. The standard InChI is InChI=1S/C20H26N4O4/c1-13(12-19(26)27)24(14(2)25)23-11-5-6-15(20(23)28)9-10-18-21-16-7-3-4-8-17(16)22-18/h3-4,7-8,13,15H,5-6,9-12H2,1-2H3,(H,21,22)(H,26,27)/t13-,15-/m1/s1. The van der Waals surface area contributed by atoms with Crippen molar-refractivity contribution in [2.75, 3.05) is 6.54 Å². The van der Waals surface area contributed by atoms with Crippen LogP contribution in [0.4, 0.5) is 0 Å². The fourth-order valence-corrected chi connectivity index (χ4v) is 3.91. The third kappa shape index (κ3) is 4.32. The molecule has 150 valence electrons. The number of carbonyl (C=O) groups is 3. The highest BCUT2D eigenvalue weighted by Gasteiger charge is 2.36. The number of aryl methyl sites for hydroxylation is 1. The van der Waals surface area contributed by atoms with Crippen molar-refractivity contribution in [2.24, 2.45) is 5.92 Å². The van der Waals surface area contributed by atoms with Gasteiger partial charge in [-0.15, -0.1) is 0 Å². The van der Waals surface area contributed by atoms with Gasteiger partial charge in [-0.05, 0) is 38.3 Å². The van der Waals surface area contributed by atoms with Crippen LogP contribution in [0.3, 0.4) is 0 Å². The Morgan fingerprint density at radius 2 is 2.14 bits per heavy atom. The smallest absolute Gasteiger partial charge is 0.305 e. The van der Waals surface area contributed by atoms with Gasteiger partial charge in [-0.3, -0.25) is 19.4 Å². The van der Waals surface area contributed by atoms with E-state index in [1.54, 1.807) is 6.92 Å². The lowest BCUT2D eigenvalue weighted by Crippen LogP contribution is -2.57. The number of carbonyl (C=O) groups excluding carboxylic acids is 2. The number of para-hydroxylation sites is 2. The Bertz CT molecular complexity index is 845. The van der Waals surface area contributed by atoms with Crippen molar-refractivity contribution in [1.82, 2.24) is 20.0 Å². The minimum Gasteiger partial charge on any atom is -0.481 e. The third-order valence-electron chi connectivity index (χ3n) is 5.16. The maximum atomic E-state index is 13.0. The first-order valence-electron chi connectivity index (χ1n) is 9.63. The Balaban J connectivity index is 1.68. The molecule has 2 heterocycles. The molecule has 1 aliphatic rings. The average Bonchev–Trinajstić information content (AvgIpc) is 3.04. The van der Waals surface area contributed by atoms with Crippen LogP contribution in [0.1, 0.15) is 45.4 Å². The molecule has 1 aliphatic heterocycles. The molecule has 8 heteroatoms. The third-order valence-corrected chi connectivity index (χ3v) is 5.16. The van der Waals surface area contributed by atoms with Gasteiger partial charge >= 0.3 is 5.97 Å². The number of hydrogen-bond acceptors (Lipinski definition) is 4. The lowest BCUT2D eigenvalue weighted by molar-refractivity contribution is -0.175. The zero-order valence-electron chi connectivity index (χ0n) is 16.2. The Kier molecular flexibility index (Phi) is 5.96. The first-order valence-corrected chi connectivity index (χ1v) is 9.63. The summed E-state index contributed by atoms with van der Waals surface area (Å²) in [5.74, 6) is -0.797. The van der Waals surface area contributed by atoms with Crippen molar-refractivity contribution >= 4 is 28.8 Å². The first-order chi connectivity index (χ1) is 13.4. The number of piperidine rings is 1. The minimum atomic E-state index is -0.996. The fourth-order valence-electron chi connectivity index (χ4n) is 3.91. The summed E-state index contributed by atoms with van der Waals surface area (Å²) in [6.07, 6.45) is 2.61. The molecule has 2 aromatic rings. The number of fused-ring (bicyclic) bond motifs is 1. The van der Waals surface area contributed by atoms with Gasteiger partial charge in [-0.1, -0.05) is 12.1 Å². The number of carboxylic acid groups (broad SMARTS) is 1. The van der Waals surface area contributed by atoms with E-state index < -0.39 is 12.0 Å². The molecule has 0 aliphatic carbocycles. The molecule has 2 N–H and O–H groups in total. The zero-order chi connectivity index (χ0) is 20.3. The number of aromatic nitrogens is 2. The summed E-state index contributed by atoms with van der Waals surface area (Å²) in [7, 11) is 0. The van der Waals surface area contributed by atoms with Crippen LogP contribution in [0.2, 0.25) is 0 Å². The summed E-state index contributed by atoms with van der Waals surface area (Å²) in [4.78, 5) is 44.0. The molecule has 2 atom stereocenters. The number of nitrogens with one attached hydrogen (secondary N) is 1. The molecular formula is C20H26N4O4. The number of aliphatic carboxylic acids is 1. The second kappa shape index (κ2) is 8.41. The second-order valence-corrected chi connectivity index (χ2v) is 7.35.